The van der Waals surface area contributed by atoms with Crippen molar-refractivity contribution in [2.75, 3.05) is 32.7 Å². The summed E-state index contributed by atoms with van der Waals surface area (Å²) < 4.78 is 2.50. The third-order valence-electron chi connectivity index (χ3n) is 2.54. The van der Waals surface area contributed by atoms with Crippen molar-refractivity contribution in [3.05, 3.63) is 0 Å². The smallest absolute Gasteiger partial charge is 0.301 e. The van der Waals surface area contributed by atoms with Crippen LogP contribution in [0, 0.1) is 0 Å². The lowest BCUT2D eigenvalue weighted by molar-refractivity contribution is 0.417. The molecule has 0 unspecified atom stereocenters. The van der Waals surface area contributed by atoms with Gasteiger partial charge in [0.15, 0.2) is 0 Å². The van der Waals surface area contributed by atoms with Crippen molar-refractivity contribution in [2.24, 2.45) is 0 Å². The van der Waals surface area contributed by atoms with Crippen molar-refractivity contribution in [2.45, 2.75) is 34.6 Å². The van der Waals surface area contributed by atoms with Crippen LogP contribution in [-0.2, 0) is 0 Å². The van der Waals surface area contributed by atoms with E-state index in [1.165, 1.54) is 0 Å². The molecule has 3 N–H and O–H groups in total. The Morgan fingerprint density at radius 1 is 0.733 bits per heavy atom. The molecule has 0 bridgehead atoms. The van der Waals surface area contributed by atoms with Crippen LogP contribution in [0.1, 0.15) is 34.6 Å². The Hall–Kier alpha value is 0.0569. The van der Waals surface area contributed by atoms with Gasteiger partial charge in [0.25, 0.3) is 0 Å². The average Bonchev–Trinajstić information content (AvgIpc) is 2.20. The van der Waals surface area contributed by atoms with Gasteiger partial charge in [-0.05, 0) is 32.7 Å². The van der Waals surface area contributed by atoms with Crippen LogP contribution in [0.5, 0.6) is 0 Å². The second-order valence-corrected chi connectivity index (χ2v) is 6.59. The monoisotopic (exact) mass is 232 g/mol. The lowest BCUT2D eigenvalue weighted by atomic mass is 10.7. The minimum atomic E-state index is -1.84. The SMILES string of the molecule is CCN[Si](NCC)(NCC)N(CC)CC. The van der Waals surface area contributed by atoms with Gasteiger partial charge in [0.05, 0.1) is 0 Å². The molecule has 0 aliphatic heterocycles. The molecule has 15 heavy (non-hydrogen) atoms. The molecule has 5 heteroatoms. The van der Waals surface area contributed by atoms with Crippen molar-refractivity contribution >= 4 is 8.72 Å². The Kier molecular flexibility index (Phi) is 8.27. The quantitative estimate of drug-likeness (QED) is 0.509. The standard InChI is InChI=1S/C10H28N4Si/c1-6-11-15(12-7-2,13-8-3)14(9-4)10-5/h11-13H,6-10H2,1-5H3. The number of nitrogens with zero attached hydrogens (tertiary/aromatic N) is 1. The molecule has 0 radical (unpaired) electrons. The molecule has 0 saturated heterocycles. The van der Waals surface area contributed by atoms with Crippen LogP contribution in [0.2, 0.25) is 0 Å². The van der Waals surface area contributed by atoms with Crippen LogP contribution < -0.4 is 14.9 Å². The molecule has 0 aromatic carbocycles. The molecule has 0 rings (SSSR count). The fraction of sp³-hybridized carbons (Fsp3) is 1.00. The summed E-state index contributed by atoms with van der Waals surface area (Å²) in [6.45, 7) is 16.1. The molecule has 0 atom stereocenters. The van der Waals surface area contributed by atoms with E-state index in [2.05, 4.69) is 54.1 Å². The normalized spacial score (nSPS) is 12.4. The van der Waals surface area contributed by atoms with E-state index in [0.717, 1.165) is 32.7 Å². The number of rotatable bonds is 9. The summed E-state index contributed by atoms with van der Waals surface area (Å²) in [7, 11) is -1.84. The maximum atomic E-state index is 3.64. The summed E-state index contributed by atoms with van der Waals surface area (Å²) >= 11 is 0. The highest BCUT2D eigenvalue weighted by molar-refractivity contribution is 6.69. The number of hydrogen-bond donors (Lipinski definition) is 3. The average molecular weight is 232 g/mol. The van der Waals surface area contributed by atoms with Gasteiger partial charge in [-0.1, -0.05) is 34.6 Å². The molecule has 0 aliphatic carbocycles. The van der Waals surface area contributed by atoms with E-state index >= 15 is 0 Å². The highest BCUT2D eigenvalue weighted by atomic mass is 28.4. The lowest BCUT2D eigenvalue weighted by Gasteiger charge is -2.41. The molecule has 0 aliphatic rings. The van der Waals surface area contributed by atoms with Crippen molar-refractivity contribution in [3.63, 3.8) is 0 Å². The highest BCUT2D eigenvalue weighted by Gasteiger charge is 2.37. The predicted molar refractivity (Wildman–Crippen MR) is 69.7 cm³/mol. The highest BCUT2D eigenvalue weighted by Crippen LogP contribution is 1.99. The van der Waals surface area contributed by atoms with Gasteiger partial charge in [-0.2, -0.15) is 0 Å². The third-order valence-corrected chi connectivity index (χ3v) is 6.71. The van der Waals surface area contributed by atoms with Gasteiger partial charge in [0.2, 0.25) is 0 Å². The van der Waals surface area contributed by atoms with Crippen LogP contribution >= 0.6 is 0 Å². The molecule has 4 nitrogen and oxygen atoms in total. The first-order valence-electron chi connectivity index (χ1n) is 6.20. The molecule has 0 aromatic heterocycles. The van der Waals surface area contributed by atoms with Crippen molar-refractivity contribution < 1.29 is 0 Å². The zero-order valence-electron chi connectivity index (χ0n) is 11.0. The first-order chi connectivity index (χ1) is 7.20. The summed E-state index contributed by atoms with van der Waals surface area (Å²) in [6.07, 6.45) is 0. The molecular formula is C10H28N4Si. The van der Waals surface area contributed by atoms with Gasteiger partial charge >= 0.3 is 8.72 Å². The molecule has 92 valence electrons. The van der Waals surface area contributed by atoms with Crippen LogP contribution in [0.15, 0.2) is 0 Å². The second-order valence-electron chi connectivity index (χ2n) is 3.47. The second kappa shape index (κ2) is 8.24. The van der Waals surface area contributed by atoms with Crippen LogP contribution in [-0.4, -0.2) is 46.0 Å². The molecular weight excluding hydrogens is 204 g/mol. The zero-order valence-corrected chi connectivity index (χ0v) is 12.0. The fourth-order valence-electron chi connectivity index (χ4n) is 1.99. The maximum Gasteiger partial charge on any atom is 0.368 e. The van der Waals surface area contributed by atoms with E-state index in [1.54, 1.807) is 0 Å². The first kappa shape index (κ1) is 15.1. The van der Waals surface area contributed by atoms with Gasteiger partial charge in [-0.15, -0.1) is 0 Å². The topological polar surface area (TPSA) is 39.3 Å². The van der Waals surface area contributed by atoms with Crippen molar-refractivity contribution in [3.8, 4) is 0 Å². The van der Waals surface area contributed by atoms with E-state index < -0.39 is 8.72 Å². The molecule has 0 heterocycles. The van der Waals surface area contributed by atoms with Gasteiger partial charge in [0.1, 0.15) is 0 Å². The number of hydrogen-bond acceptors (Lipinski definition) is 4. The zero-order chi connectivity index (χ0) is 11.7. The molecule has 0 fully saturated rings. The Bertz CT molecular complexity index is 133. The van der Waals surface area contributed by atoms with Crippen molar-refractivity contribution in [1.29, 1.82) is 0 Å². The Morgan fingerprint density at radius 2 is 1.07 bits per heavy atom. The van der Waals surface area contributed by atoms with Gasteiger partial charge < -0.3 is 14.9 Å². The molecule has 0 spiro atoms. The maximum absolute atomic E-state index is 3.64. The van der Waals surface area contributed by atoms with E-state index in [0.29, 0.717) is 0 Å². The van der Waals surface area contributed by atoms with Gasteiger partial charge in [-0.3, -0.25) is 4.57 Å². The minimum absolute atomic E-state index is 1.00. The van der Waals surface area contributed by atoms with Gasteiger partial charge in [-0.25, -0.2) is 0 Å². The molecule has 0 amide bonds. The third kappa shape index (κ3) is 4.20. The van der Waals surface area contributed by atoms with E-state index in [1.807, 2.05) is 0 Å². The number of nitrogens with one attached hydrogen (secondary N) is 3. The first-order valence-corrected chi connectivity index (χ1v) is 8.15. The summed E-state index contributed by atoms with van der Waals surface area (Å²) in [5.41, 5.74) is 0. The van der Waals surface area contributed by atoms with E-state index in [-0.39, 0.29) is 0 Å². The summed E-state index contributed by atoms with van der Waals surface area (Å²) in [4.78, 5) is 10.9. The Labute approximate surface area is 96.1 Å². The van der Waals surface area contributed by atoms with Gasteiger partial charge in [0, 0.05) is 0 Å². The predicted octanol–water partition coefficient (Wildman–Crippen LogP) is 0.592. The van der Waals surface area contributed by atoms with Crippen molar-refractivity contribution in [1.82, 2.24) is 19.5 Å². The largest absolute Gasteiger partial charge is 0.368 e. The summed E-state index contributed by atoms with van der Waals surface area (Å²) in [6, 6.07) is 0. The minimum Gasteiger partial charge on any atom is -0.301 e. The fourth-order valence-corrected chi connectivity index (χ4v) is 5.52. The molecule has 0 saturated carbocycles. The van der Waals surface area contributed by atoms with Crippen LogP contribution in [0.25, 0.3) is 0 Å². The molecule has 0 aromatic rings. The Balaban J connectivity index is 4.71. The van der Waals surface area contributed by atoms with E-state index in [4.69, 9.17) is 0 Å². The summed E-state index contributed by atoms with van der Waals surface area (Å²) in [5, 5.41) is 0. The lowest BCUT2D eigenvalue weighted by Crippen LogP contribution is -2.81. The van der Waals surface area contributed by atoms with Crippen LogP contribution in [0.3, 0.4) is 0 Å². The van der Waals surface area contributed by atoms with Crippen LogP contribution in [0.4, 0.5) is 0 Å². The Morgan fingerprint density at radius 3 is 1.27 bits per heavy atom. The van der Waals surface area contributed by atoms with E-state index in [9.17, 15) is 0 Å². The summed E-state index contributed by atoms with van der Waals surface area (Å²) in [5.74, 6) is 0.